The normalized spacial score (nSPS) is 59.8. The third kappa shape index (κ3) is 2.04. The molecule has 0 aromatic carbocycles. The van der Waals surface area contributed by atoms with E-state index in [0.717, 1.165) is 43.9 Å². The zero-order valence-corrected chi connectivity index (χ0v) is 15.6. The van der Waals surface area contributed by atoms with Gasteiger partial charge in [0.25, 0.3) is 0 Å². The number of fused-ring (bicyclic) bond motifs is 5. The van der Waals surface area contributed by atoms with Crippen molar-refractivity contribution in [1.29, 1.82) is 0 Å². The first-order valence-electron chi connectivity index (χ1n) is 10.1. The van der Waals surface area contributed by atoms with E-state index in [9.17, 15) is 10.2 Å². The van der Waals surface area contributed by atoms with Gasteiger partial charge in [0.1, 0.15) is 5.60 Å². The van der Waals surface area contributed by atoms with Gasteiger partial charge in [0.2, 0.25) is 0 Å². The molecule has 4 fully saturated rings. The number of aliphatic hydroxyl groups is 2. The van der Waals surface area contributed by atoms with E-state index < -0.39 is 11.2 Å². The van der Waals surface area contributed by atoms with Gasteiger partial charge in [-0.25, -0.2) is 0 Å². The van der Waals surface area contributed by atoms with Gasteiger partial charge in [0.15, 0.2) is 0 Å². The van der Waals surface area contributed by atoms with E-state index in [4.69, 9.17) is 6.42 Å². The highest BCUT2D eigenvalue weighted by Crippen LogP contribution is 2.68. The maximum absolute atomic E-state index is 11.0. The fraction of sp³-hybridized carbons (Fsp3) is 0.909. The highest BCUT2D eigenvalue weighted by molar-refractivity contribution is 5.17. The van der Waals surface area contributed by atoms with Crippen LogP contribution >= 0.6 is 0 Å². The SMILES string of the molecule is C#C[C@@]1(O)CC[C@@]2(C)[C@@H](CC[C@H]3[C@H]2CC[C@]2(C)[C@@H]3CC[C@]2(C)O)C1. The first-order chi connectivity index (χ1) is 11.2. The third-order valence-corrected chi connectivity index (χ3v) is 9.56. The maximum Gasteiger partial charge on any atom is 0.125 e. The monoisotopic (exact) mass is 330 g/mol. The molecule has 0 bridgehead atoms. The highest BCUT2D eigenvalue weighted by atomic mass is 16.3. The Morgan fingerprint density at radius 3 is 2.29 bits per heavy atom. The molecule has 8 atom stereocenters. The summed E-state index contributed by atoms with van der Waals surface area (Å²) in [6.07, 6.45) is 15.3. The fourth-order valence-electron chi connectivity index (χ4n) is 7.62. The average molecular weight is 331 g/mol. The van der Waals surface area contributed by atoms with Crippen molar-refractivity contribution >= 4 is 0 Å². The van der Waals surface area contributed by atoms with Crippen molar-refractivity contribution in [2.24, 2.45) is 34.5 Å². The van der Waals surface area contributed by atoms with Crippen LogP contribution in [0.15, 0.2) is 0 Å². The minimum atomic E-state index is -0.864. The first kappa shape index (κ1) is 16.9. The van der Waals surface area contributed by atoms with Gasteiger partial charge in [-0.15, -0.1) is 6.42 Å². The molecule has 0 amide bonds. The third-order valence-electron chi connectivity index (χ3n) is 9.56. The lowest BCUT2D eigenvalue weighted by molar-refractivity contribution is -0.159. The molecular formula is C22H34O2. The molecule has 4 saturated carbocycles. The summed E-state index contributed by atoms with van der Waals surface area (Å²) in [5.74, 6) is 5.44. The molecule has 0 aromatic rings. The summed E-state index contributed by atoms with van der Waals surface area (Å²) in [7, 11) is 0. The summed E-state index contributed by atoms with van der Waals surface area (Å²) < 4.78 is 0. The van der Waals surface area contributed by atoms with Crippen molar-refractivity contribution in [2.75, 3.05) is 0 Å². The highest BCUT2D eigenvalue weighted by Gasteiger charge is 2.63. The summed E-state index contributed by atoms with van der Waals surface area (Å²) in [5.41, 5.74) is -0.915. The molecule has 134 valence electrons. The van der Waals surface area contributed by atoms with Gasteiger partial charge >= 0.3 is 0 Å². The number of hydrogen-bond acceptors (Lipinski definition) is 2. The van der Waals surface area contributed by atoms with Gasteiger partial charge < -0.3 is 10.2 Å². The van der Waals surface area contributed by atoms with E-state index in [1.165, 1.54) is 25.7 Å². The van der Waals surface area contributed by atoms with Crippen LogP contribution in [0.3, 0.4) is 0 Å². The van der Waals surface area contributed by atoms with Crippen LogP contribution in [-0.4, -0.2) is 21.4 Å². The van der Waals surface area contributed by atoms with Crippen LogP contribution in [0.1, 0.15) is 78.6 Å². The predicted octanol–water partition coefficient (Wildman–Crippen LogP) is 4.14. The second-order valence-corrected chi connectivity index (χ2v) is 10.3. The van der Waals surface area contributed by atoms with Crippen molar-refractivity contribution in [3.8, 4) is 12.3 Å². The first-order valence-corrected chi connectivity index (χ1v) is 10.1. The summed E-state index contributed by atoms with van der Waals surface area (Å²) >= 11 is 0. The Morgan fingerprint density at radius 2 is 1.58 bits per heavy atom. The van der Waals surface area contributed by atoms with Crippen molar-refractivity contribution in [1.82, 2.24) is 0 Å². The molecule has 0 unspecified atom stereocenters. The Balaban J connectivity index is 1.62. The molecule has 2 N–H and O–H groups in total. The predicted molar refractivity (Wildman–Crippen MR) is 96.1 cm³/mol. The number of rotatable bonds is 0. The zero-order valence-electron chi connectivity index (χ0n) is 15.6. The Kier molecular flexibility index (Phi) is 3.54. The summed E-state index contributed by atoms with van der Waals surface area (Å²) in [6.45, 7) is 6.92. The standard InChI is InChI=1S/C22H34O2/c1-5-22(24)13-12-19(2)15(14-22)6-7-16-17(19)8-10-20(3)18(16)9-11-21(20,4)23/h1,15-18,23-24H,6-14H2,2-4H3/t15-,16-,17+,18+,19-,20+,21-,22+/m0/s1. The molecule has 0 heterocycles. The molecule has 0 radical (unpaired) electrons. The second-order valence-electron chi connectivity index (χ2n) is 10.3. The van der Waals surface area contributed by atoms with Crippen LogP contribution < -0.4 is 0 Å². The van der Waals surface area contributed by atoms with E-state index in [0.29, 0.717) is 17.3 Å². The molecule has 2 heteroatoms. The smallest absolute Gasteiger partial charge is 0.125 e. The van der Waals surface area contributed by atoms with Gasteiger partial charge in [-0.2, -0.15) is 0 Å². The van der Waals surface area contributed by atoms with E-state index in [-0.39, 0.29) is 5.41 Å². The number of hydrogen-bond donors (Lipinski definition) is 2. The van der Waals surface area contributed by atoms with Crippen LogP contribution in [-0.2, 0) is 0 Å². The quantitative estimate of drug-likeness (QED) is 0.655. The molecule has 0 spiro atoms. The van der Waals surface area contributed by atoms with Crippen molar-refractivity contribution < 1.29 is 10.2 Å². The second kappa shape index (κ2) is 5.01. The van der Waals surface area contributed by atoms with Crippen LogP contribution in [0.5, 0.6) is 0 Å². The topological polar surface area (TPSA) is 40.5 Å². The van der Waals surface area contributed by atoms with Crippen LogP contribution in [0, 0.1) is 46.8 Å². The molecule has 2 nitrogen and oxygen atoms in total. The van der Waals surface area contributed by atoms with Crippen molar-refractivity contribution in [3.05, 3.63) is 0 Å². The van der Waals surface area contributed by atoms with Crippen molar-refractivity contribution in [3.63, 3.8) is 0 Å². The molecule has 4 rings (SSSR count). The molecule has 4 aliphatic carbocycles. The van der Waals surface area contributed by atoms with Gasteiger partial charge in [-0.1, -0.05) is 19.8 Å². The molecule has 0 saturated heterocycles. The van der Waals surface area contributed by atoms with E-state index >= 15 is 0 Å². The molecule has 4 aliphatic rings. The molecule has 0 aliphatic heterocycles. The lowest BCUT2D eigenvalue weighted by atomic mass is 9.43. The molecule has 0 aromatic heterocycles. The molecule has 24 heavy (non-hydrogen) atoms. The van der Waals surface area contributed by atoms with E-state index in [1.807, 2.05) is 0 Å². The number of terminal acetylenes is 1. The van der Waals surface area contributed by atoms with Crippen LogP contribution in [0.25, 0.3) is 0 Å². The Morgan fingerprint density at radius 1 is 0.875 bits per heavy atom. The fourth-order valence-corrected chi connectivity index (χ4v) is 7.62. The average Bonchev–Trinajstić information content (AvgIpc) is 2.78. The zero-order chi connectivity index (χ0) is 17.4. The lowest BCUT2D eigenvalue weighted by Crippen LogP contribution is -2.57. The maximum atomic E-state index is 11.0. The van der Waals surface area contributed by atoms with Crippen LogP contribution in [0.2, 0.25) is 0 Å². The minimum absolute atomic E-state index is 0.103. The van der Waals surface area contributed by atoms with Gasteiger partial charge in [-0.05, 0) is 99.2 Å². The Labute approximate surface area is 147 Å². The van der Waals surface area contributed by atoms with Crippen LogP contribution in [0.4, 0.5) is 0 Å². The Hall–Kier alpha value is -0.520. The largest absolute Gasteiger partial charge is 0.390 e. The van der Waals surface area contributed by atoms with E-state index in [2.05, 4.69) is 26.7 Å². The van der Waals surface area contributed by atoms with E-state index in [1.54, 1.807) is 0 Å². The summed E-state index contributed by atoms with van der Waals surface area (Å²) in [4.78, 5) is 0. The lowest BCUT2D eigenvalue weighted by Gasteiger charge is -2.62. The summed E-state index contributed by atoms with van der Waals surface area (Å²) in [6, 6.07) is 0. The molecular weight excluding hydrogens is 296 g/mol. The van der Waals surface area contributed by atoms with Gasteiger partial charge in [0, 0.05) is 0 Å². The Bertz CT molecular complexity index is 575. The summed E-state index contributed by atoms with van der Waals surface area (Å²) in [5, 5.41) is 21.6. The minimum Gasteiger partial charge on any atom is -0.390 e. The van der Waals surface area contributed by atoms with Gasteiger partial charge in [0.05, 0.1) is 5.60 Å². The van der Waals surface area contributed by atoms with Crippen molar-refractivity contribution in [2.45, 2.75) is 89.8 Å². The van der Waals surface area contributed by atoms with Gasteiger partial charge in [-0.3, -0.25) is 0 Å².